The summed E-state index contributed by atoms with van der Waals surface area (Å²) >= 11 is 6.69. The average Bonchev–Trinajstić information content (AvgIpc) is 2.33. The summed E-state index contributed by atoms with van der Waals surface area (Å²) < 4.78 is 1.49. The molecule has 2 amide bonds. The lowest BCUT2D eigenvalue weighted by Gasteiger charge is -2.17. The quantitative estimate of drug-likeness (QED) is 0.667. The first kappa shape index (κ1) is 17.0. The van der Waals surface area contributed by atoms with E-state index < -0.39 is 12.0 Å². The summed E-state index contributed by atoms with van der Waals surface area (Å²) in [5.74, 6) is -0.925. The van der Waals surface area contributed by atoms with Crippen LogP contribution in [-0.2, 0) is 4.79 Å². The van der Waals surface area contributed by atoms with Crippen molar-refractivity contribution in [3.8, 4) is 0 Å². The number of hydrogen-bond donors (Lipinski definition) is 3. The van der Waals surface area contributed by atoms with E-state index in [2.05, 4.69) is 42.5 Å². The van der Waals surface area contributed by atoms with Crippen LogP contribution in [0.4, 0.5) is 10.5 Å². The number of urea groups is 1. The van der Waals surface area contributed by atoms with Gasteiger partial charge in [0.1, 0.15) is 0 Å². The molecule has 1 unspecified atom stereocenters. The first-order chi connectivity index (χ1) is 9.43. The maximum Gasteiger partial charge on any atom is 0.319 e. The van der Waals surface area contributed by atoms with Crippen molar-refractivity contribution in [3.63, 3.8) is 0 Å². The molecule has 0 spiro atoms. The first-order valence-electron chi connectivity index (χ1n) is 6.17. The van der Waals surface area contributed by atoms with Crippen LogP contribution in [0.3, 0.4) is 0 Å². The zero-order chi connectivity index (χ0) is 15.1. The first-order valence-corrected chi connectivity index (χ1v) is 7.76. The summed E-state index contributed by atoms with van der Waals surface area (Å²) in [7, 11) is 0. The highest BCUT2D eigenvalue weighted by Crippen LogP contribution is 2.30. The lowest BCUT2D eigenvalue weighted by Crippen LogP contribution is -2.39. The highest BCUT2D eigenvalue weighted by atomic mass is 79.9. The van der Waals surface area contributed by atoms with Crippen LogP contribution < -0.4 is 10.6 Å². The summed E-state index contributed by atoms with van der Waals surface area (Å²) in [6.07, 6.45) is 1.34. The molecule has 7 heteroatoms. The van der Waals surface area contributed by atoms with E-state index in [1.807, 2.05) is 13.0 Å². The Labute approximate surface area is 134 Å². The molecule has 3 N–H and O–H groups in total. The van der Waals surface area contributed by atoms with Crippen LogP contribution in [0.1, 0.15) is 26.2 Å². The average molecular weight is 408 g/mol. The molecule has 0 aliphatic carbocycles. The Morgan fingerprint density at radius 1 is 1.30 bits per heavy atom. The van der Waals surface area contributed by atoms with Gasteiger partial charge in [-0.05, 0) is 50.4 Å². The van der Waals surface area contributed by atoms with Gasteiger partial charge >= 0.3 is 12.0 Å². The molecule has 1 atom stereocenters. The summed E-state index contributed by atoms with van der Waals surface area (Å²) in [6, 6.07) is 4.65. The Balaban J connectivity index is 2.68. The van der Waals surface area contributed by atoms with Gasteiger partial charge in [-0.3, -0.25) is 4.79 Å². The summed E-state index contributed by atoms with van der Waals surface area (Å²) in [5, 5.41) is 14.2. The van der Waals surface area contributed by atoms with Crippen LogP contribution in [0.2, 0.25) is 0 Å². The van der Waals surface area contributed by atoms with E-state index in [0.717, 1.165) is 15.4 Å². The van der Waals surface area contributed by atoms with E-state index in [-0.39, 0.29) is 12.5 Å². The van der Waals surface area contributed by atoms with Gasteiger partial charge in [0.05, 0.1) is 12.1 Å². The van der Waals surface area contributed by atoms with Crippen LogP contribution in [0, 0.1) is 0 Å². The Bertz CT molecular complexity index is 474. The van der Waals surface area contributed by atoms with E-state index >= 15 is 0 Å². The number of rotatable bonds is 6. The van der Waals surface area contributed by atoms with E-state index in [1.54, 1.807) is 12.1 Å². The molecule has 0 radical (unpaired) electrons. The molecule has 0 heterocycles. The maximum atomic E-state index is 11.9. The fourth-order valence-corrected chi connectivity index (χ4v) is 2.93. The monoisotopic (exact) mass is 406 g/mol. The molecule has 110 valence electrons. The Morgan fingerprint density at radius 3 is 2.40 bits per heavy atom. The highest BCUT2D eigenvalue weighted by Gasteiger charge is 2.16. The number of benzene rings is 1. The molecule has 0 bridgehead atoms. The van der Waals surface area contributed by atoms with Gasteiger partial charge in [0.15, 0.2) is 0 Å². The van der Waals surface area contributed by atoms with Crippen LogP contribution in [0.15, 0.2) is 27.1 Å². The van der Waals surface area contributed by atoms with Crippen LogP contribution in [0.5, 0.6) is 0 Å². The van der Waals surface area contributed by atoms with Gasteiger partial charge in [-0.1, -0.05) is 19.4 Å². The SMILES string of the molecule is CCCC(CC(=O)O)NC(=O)Nc1c(Br)cccc1Br. The van der Waals surface area contributed by atoms with Crippen molar-refractivity contribution in [2.45, 2.75) is 32.2 Å². The third-order valence-electron chi connectivity index (χ3n) is 2.59. The molecule has 5 nitrogen and oxygen atoms in total. The van der Waals surface area contributed by atoms with Gasteiger partial charge in [0.2, 0.25) is 0 Å². The largest absolute Gasteiger partial charge is 0.481 e. The van der Waals surface area contributed by atoms with E-state index in [0.29, 0.717) is 12.1 Å². The predicted molar refractivity (Wildman–Crippen MR) is 84.9 cm³/mol. The number of aliphatic carboxylic acids is 1. The van der Waals surface area contributed by atoms with E-state index in [1.165, 1.54) is 0 Å². The number of carbonyl (C=O) groups is 2. The van der Waals surface area contributed by atoms with E-state index in [4.69, 9.17) is 5.11 Å². The number of carbonyl (C=O) groups excluding carboxylic acids is 1. The Morgan fingerprint density at radius 2 is 1.90 bits per heavy atom. The van der Waals surface area contributed by atoms with Crippen LogP contribution >= 0.6 is 31.9 Å². The summed E-state index contributed by atoms with van der Waals surface area (Å²) in [4.78, 5) is 22.7. The maximum absolute atomic E-state index is 11.9. The molecule has 0 aliphatic heterocycles. The topological polar surface area (TPSA) is 78.4 Å². The molecule has 1 aromatic rings. The fourth-order valence-electron chi connectivity index (χ4n) is 1.74. The number of carboxylic acids is 1. The second-order valence-corrected chi connectivity index (χ2v) is 5.99. The molecule has 1 aromatic carbocycles. The van der Waals surface area contributed by atoms with Gasteiger partial charge in [0, 0.05) is 15.0 Å². The fraction of sp³-hybridized carbons (Fsp3) is 0.385. The minimum absolute atomic E-state index is 0.0849. The second-order valence-electron chi connectivity index (χ2n) is 4.28. The number of carboxylic acid groups (broad SMARTS) is 1. The molecule has 0 saturated carbocycles. The van der Waals surface area contributed by atoms with Crippen molar-refractivity contribution in [2.24, 2.45) is 0 Å². The van der Waals surface area contributed by atoms with Crippen molar-refractivity contribution in [3.05, 3.63) is 27.1 Å². The lowest BCUT2D eigenvalue weighted by atomic mass is 10.1. The number of amides is 2. The van der Waals surface area contributed by atoms with Crippen LogP contribution in [-0.4, -0.2) is 23.1 Å². The third kappa shape index (κ3) is 5.50. The van der Waals surface area contributed by atoms with Gasteiger partial charge in [-0.25, -0.2) is 4.79 Å². The Hall–Kier alpha value is -1.08. The molecule has 0 aromatic heterocycles. The zero-order valence-corrected chi connectivity index (χ0v) is 14.1. The second kappa shape index (κ2) is 8.26. The smallest absolute Gasteiger partial charge is 0.319 e. The molecular weight excluding hydrogens is 392 g/mol. The predicted octanol–water partition coefficient (Wildman–Crippen LogP) is 3.98. The summed E-state index contributed by atoms with van der Waals surface area (Å²) in [6.45, 7) is 1.94. The number of para-hydroxylation sites is 1. The number of nitrogens with one attached hydrogen (secondary N) is 2. The van der Waals surface area contributed by atoms with Crippen molar-refractivity contribution in [2.75, 3.05) is 5.32 Å². The van der Waals surface area contributed by atoms with Crippen LogP contribution in [0.25, 0.3) is 0 Å². The van der Waals surface area contributed by atoms with Gasteiger partial charge < -0.3 is 15.7 Å². The molecule has 1 rings (SSSR count). The normalized spacial score (nSPS) is 11.8. The van der Waals surface area contributed by atoms with Crippen molar-refractivity contribution < 1.29 is 14.7 Å². The molecular formula is C13H16Br2N2O3. The number of hydrogen-bond acceptors (Lipinski definition) is 2. The zero-order valence-electron chi connectivity index (χ0n) is 11.0. The number of halogens is 2. The van der Waals surface area contributed by atoms with Gasteiger partial charge in [0.25, 0.3) is 0 Å². The molecule has 20 heavy (non-hydrogen) atoms. The Kier molecular flexibility index (Phi) is 7.01. The van der Waals surface area contributed by atoms with Crippen molar-refractivity contribution >= 4 is 49.5 Å². The lowest BCUT2D eigenvalue weighted by molar-refractivity contribution is -0.137. The van der Waals surface area contributed by atoms with Gasteiger partial charge in [-0.15, -0.1) is 0 Å². The minimum atomic E-state index is -0.925. The third-order valence-corrected chi connectivity index (χ3v) is 3.92. The number of anilines is 1. The standard InChI is InChI=1S/C13H16Br2N2O3/c1-2-4-8(7-11(18)19)16-13(20)17-12-9(14)5-3-6-10(12)15/h3,5-6,8H,2,4,7H2,1H3,(H,18,19)(H2,16,17,20). The van der Waals surface area contributed by atoms with Crippen molar-refractivity contribution in [1.29, 1.82) is 0 Å². The molecule has 0 fully saturated rings. The van der Waals surface area contributed by atoms with Gasteiger partial charge in [-0.2, -0.15) is 0 Å². The molecule has 0 saturated heterocycles. The summed E-state index contributed by atoms with van der Waals surface area (Å²) in [5.41, 5.74) is 0.607. The van der Waals surface area contributed by atoms with E-state index in [9.17, 15) is 9.59 Å². The molecule has 0 aliphatic rings. The van der Waals surface area contributed by atoms with Crippen molar-refractivity contribution in [1.82, 2.24) is 5.32 Å². The minimum Gasteiger partial charge on any atom is -0.481 e. The highest BCUT2D eigenvalue weighted by molar-refractivity contribution is 9.11.